The Morgan fingerprint density at radius 2 is 2.20 bits per heavy atom. The first kappa shape index (κ1) is 9.38. The summed E-state index contributed by atoms with van der Waals surface area (Å²) in [6, 6.07) is -1.01. The fraction of sp³-hybridized carbons (Fsp3) is 0.250. The second-order valence-corrected chi connectivity index (χ2v) is 2.90. The minimum Gasteiger partial charge on any atom is -0.480 e. The summed E-state index contributed by atoms with van der Waals surface area (Å²) in [7, 11) is 0. The number of hydrogen-bond acceptors (Lipinski definition) is 5. The first-order chi connectivity index (χ1) is 7.20. The van der Waals surface area contributed by atoms with Crippen molar-refractivity contribution in [2.75, 3.05) is 11.5 Å². The maximum Gasteiger partial charge on any atom is 0.415 e. The fourth-order valence-electron chi connectivity index (χ4n) is 1.30. The zero-order chi connectivity index (χ0) is 10.8. The molecular weight excluding hydrogens is 202 g/mol. The van der Waals surface area contributed by atoms with Crippen molar-refractivity contribution < 1.29 is 19.4 Å². The van der Waals surface area contributed by atoms with Gasteiger partial charge >= 0.3 is 12.1 Å². The van der Waals surface area contributed by atoms with Gasteiger partial charge in [0.15, 0.2) is 6.04 Å². The van der Waals surface area contributed by atoms with Gasteiger partial charge in [0.25, 0.3) is 0 Å². The highest BCUT2D eigenvalue weighted by Gasteiger charge is 2.39. The quantitative estimate of drug-likeness (QED) is 0.730. The van der Waals surface area contributed by atoms with Crippen molar-refractivity contribution in [3.8, 4) is 0 Å². The topological polar surface area (TPSA) is 92.6 Å². The van der Waals surface area contributed by atoms with Gasteiger partial charge in [-0.15, -0.1) is 0 Å². The van der Waals surface area contributed by atoms with Gasteiger partial charge in [0, 0.05) is 0 Å². The van der Waals surface area contributed by atoms with Crippen molar-refractivity contribution in [1.82, 2.24) is 9.97 Å². The maximum atomic E-state index is 11.3. The molecule has 1 aliphatic rings. The fourth-order valence-corrected chi connectivity index (χ4v) is 1.30. The molecule has 1 amide bonds. The SMILES string of the molecule is O=C(O)C1COC(=O)N1c1cncnc1. The second-order valence-electron chi connectivity index (χ2n) is 2.90. The molecule has 0 saturated carbocycles. The number of carbonyl (C=O) groups is 2. The minimum atomic E-state index is -1.12. The number of ether oxygens (including phenoxy) is 1. The molecule has 1 aliphatic heterocycles. The van der Waals surface area contributed by atoms with Gasteiger partial charge in [-0.2, -0.15) is 0 Å². The largest absolute Gasteiger partial charge is 0.480 e. The number of carbonyl (C=O) groups excluding carboxylic acids is 1. The Kier molecular flexibility index (Phi) is 2.20. The van der Waals surface area contributed by atoms with Crippen LogP contribution in [0, 0.1) is 0 Å². The molecule has 1 aromatic heterocycles. The third kappa shape index (κ3) is 1.58. The van der Waals surface area contributed by atoms with Crippen molar-refractivity contribution in [2.24, 2.45) is 0 Å². The smallest absolute Gasteiger partial charge is 0.415 e. The number of hydrogen-bond donors (Lipinski definition) is 1. The first-order valence-electron chi connectivity index (χ1n) is 4.14. The van der Waals surface area contributed by atoms with Gasteiger partial charge in [0.1, 0.15) is 12.9 Å². The van der Waals surface area contributed by atoms with E-state index in [9.17, 15) is 9.59 Å². The van der Waals surface area contributed by atoms with Crippen LogP contribution < -0.4 is 4.90 Å². The van der Waals surface area contributed by atoms with Crippen LogP contribution >= 0.6 is 0 Å². The van der Waals surface area contributed by atoms with Crippen molar-refractivity contribution >= 4 is 17.7 Å². The first-order valence-corrected chi connectivity index (χ1v) is 4.14. The summed E-state index contributed by atoms with van der Waals surface area (Å²) in [6.45, 7) is -0.164. The lowest BCUT2D eigenvalue weighted by Crippen LogP contribution is -2.39. The van der Waals surface area contributed by atoms with E-state index in [2.05, 4.69) is 14.7 Å². The zero-order valence-electron chi connectivity index (χ0n) is 7.53. The van der Waals surface area contributed by atoms with Crippen LogP contribution in [-0.4, -0.2) is 39.8 Å². The summed E-state index contributed by atoms with van der Waals surface area (Å²) in [5.41, 5.74) is 0.312. The Balaban J connectivity index is 2.33. The number of carboxylic acid groups (broad SMARTS) is 1. The molecule has 1 saturated heterocycles. The highest BCUT2D eigenvalue weighted by Crippen LogP contribution is 2.21. The van der Waals surface area contributed by atoms with Gasteiger partial charge in [0.2, 0.25) is 0 Å². The molecule has 7 heteroatoms. The minimum absolute atomic E-state index is 0.164. The summed E-state index contributed by atoms with van der Waals surface area (Å²) < 4.78 is 4.64. The summed E-state index contributed by atoms with van der Waals surface area (Å²) >= 11 is 0. The maximum absolute atomic E-state index is 11.3. The second kappa shape index (κ2) is 3.52. The van der Waals surface area contributed by atoms with Crippen LogP contribution in [0.3, 0.4) is 0 Å². The van der Waals surface area contributed by atoms with Gasteiger partial charge in [-0.05, 0) is 0 Å². The summed E-state index contributed by atoms with van der Waals surface area (Å²) in [5.74, 6) is -1.12. The Bertz CT molecular complexity index is 394. The van der Waals surface area contributed by atoms with Gasteiger partial charge in [-0.3, -0.25) is 4.90 Å². The number of anilines is 1. The molecule has 0 radical (unpaired) electrons. The molecule has 1 atom stereocenters. The Morgan fingerprint density at radius 3 is 2.80 bits per heavy atom. The molecule has 0 spiro atoms. The van der Waals surface area contributed by atoms with E-state index in [1.54, 1.807) is 0 Å². The molecule has 1 unspecified atom stereocenters. The zero-order valence-corrected chi connectivity index (χ0v) is 7.53. The van der Waals surface area contributed by atoms with Crippen molar-refractivity contribution in [2.45, 2.75) is 6.04 Å². The molecule has 2 rings (SSSR count). The van der Waals surface area contributed by atoms with E-state index in [0.717, 1.165) is 4.90 Å². The molecule has 1 N–H and O–H groups in total. The highest BCUT2D eigenvalue weighted by molar-refractivity contribution is 5.97. The predicted molar refractivity (Wildman–Crippen MR) is 47.3 cm³/mol. The van der Waals surface area contributed by atoms with Crippen LogP contribution in [0.25, 0.3) is 0 Å². The Labute approximate surface area is 84.3 Å². The standard InChI is InChI=1S/C8H7N3O4/c12-7(13)6-3-15-8(14)11(6)5-1-9-4-10-2-5/h1-2,4,6H,3H2,(H,12,13). The van der Waals surface area contributed by atoms with Crippen LogP contribution in [0.4, 0.5) is 10.5 Å². The molecule has 1 fully saturated rings. The average Bonchev–Trinajstić information content (AvgIpc) is 2.61. The van der Waals surface area contributed by atoms with E-state index < -0.39 is 18.1 Å². The van der Waals surface area contributed by atoms with Crippen LogP contribution in [0.15, 0.2) is 18.7 Å². The number of rotatable bonds is 2. The van der Waals surface area contributed by atoms with Crippen LogP contribution in [-0.2, 0) is 9.53 Å². The van der Waals surface area contributed by atoms with Crippen molar-refractivity contribution in [1.29, 1.82) is 0 Å². The lowest BCUT2D eigenvalue weighted by atomic mass is 10.3. The summed E-state index contributed by atoms with van der Waals surface area (Å²) in [5, 5.41) is 8.85. The number of carboxylic acids is 1. The van der Waals surface area contributed by atoms with E-state index in [-0.39, 0.29) is 6.61 Å². The highest BCUT2D eigenvalue weighted by atomic mass is 16.6. The van der Waals surface area contributed by atoms with Crippen LogP contribution in [0.1, 0.15) is 0 Å². The molecule has 0 aromatic carbocycles. The Morgan fingerprint density at radius 1 is 1.53 bits per heavy atom. The number of cyclic esters (lactones) is 1. The monoisotopic (exact) mass is 209 g/mol. The molecule has 1 aromatic rings. The molecule has 0 bridgehead atoms. The number of aromatic nitrogens is 2. The average molecular weight is 209 g/mol. The van der Waals surface area contributed by atoms with E-state index >= 15 is 0 Å². The Hall–Kier alpha value is -2.18. The molecule has 2 heterocycles. The van der Waals surface area contributed by atoms with Crippen LogP contribution in [0.5, 0.6) is 0 Å². The van der Waals surface area contributed by atoms with Gasteiger partial charge in [-0.25, -0.2) is 19.6 Å². The summed E-state index contributed by atoms with van der Waals surface area (Å²) in [4.78, 5) is 30.5. The van der Waals surface area contributed by atoms with Crippen molar-refractivity contribution in [3.63, 3.8) is 0 Å². The third-order valence-electron chi connectivity index (χ3n) is 1.98. The van der Waals surface area contributed by atoms with Gasteiger partial charge in [0.05, 0.1) is 18.1 Å². The van der Waals surface area contributed by atoms with E-state index in [1.165, 1.54) is 18.7 Å². The number of nitrogens with zero attached hydrogens (tertiary/aromatic N) is 3. The van der Waals surface area contributed by atoms with Crippen molar-refractivity contribution in [3.05, 3.63) is 18.7 Å². The lowest BCUT2D eigenvalue weighted by Gasteiger charge is -2.16. The lowest BCUT2D eigenvalue weighted by molar-refractivity contribution is -0.138. The summed E-state index contributed by atoms with van der Waals surface area (Å²) in [6.07, 6.45) is 3.31. The molecule has 7 nitrogen and oxygen atoms in total. The van der Waals surface area contributed by atoms with E-state index in [1.807, 2.05) is 0 Å². The van der Waals surface area contributed by atoms with Gasteiger partial charge in [-0.1, -0.05) is 0 Å². The van der Waals surface area contributed by atoms with Gasteiger partial charge < -0.3 is 9.84 Å². The van der Waals surface area contributed by atoms with E-state index in [4.69, 9.17) is 5.11 Å². The molecule has 0 aliphatic carbocycles. The molecule has 15 heavy (non-hydrogen) atoms. The van der Waals surface area contributed by atoms with Crippen LogP contribution in [0.2, 0.25) is 0 Å². The molecule has 78 valence electrons. The number of amides is 1. The number of aliphatic carboxylic acids is 1. The predicted octanol–water partition coefficient (Wildman–Crippen LogP) is -0.114. The third-order valence-corrected chi connectivity index (χ3v) is 1.98. The molecular formula is C8H7N3O4. The normalized spacial score (nSPS) is 20.1. The van der Waals surface area contributed by atoms with E-state index in [0.29, 0.717) is 5.69 Å².